The zero-order valence-electron chi connectivity index (χ0n) is 12.8. The van der Waals surface area contributed by atoms with Crippen LogP contribution in [0.2, 0.25) is 0 Å². The summed E-state index contributed by atoms with van der Waals surface area (Å²) in [5, 5.41) is 9.68. The summed E-state index contributed by atoms with van der Waals surface area (Å²) in [6.45, 7) is 5.24. The highest BCUT2D eigenvalue weighted by Crippen LogP contribution is 2.19. The molecule has 0 aliphatic heterocycles. The molecule has 2 rings (SSSR count). The zero-order valence-corrected chi connectivity index (χ0v) is 12.8. The molecule has 2 aromatic rings. The number of aromatic hydroxyl groups is 1. The van der Waals surface area contributed by atoms with Gasteiger partial charge in [0.05, 0.1) is 0 Å². The van der Waals surface area contributed by atoms with Gasteiger partial charge in [0.25, 0.3) is 0 Å². The van der Waals surface area contributed by atoms with Crippen molar-refractivity contribution in [3.05, 3.63) is 64.2 Å². The predicted molar refractivity (Wildman–Crippen MR) is 83.4 cm³/mol. The van der Waals surface area contributed by atoms with Gasteiger partial charge >= 0.3 is 5.97 Å². The minimum atomic E-state index is -0.709. The third-order valence-corrected chi connectivity index (χ3v) is 3.39. The largest absolute Gasteiger partial charge is 0.507 e. The summed E-state index contributed by atoms with van der Waals surface area (Å²) in [4.78, 5) is 24.1. The highest BCUT2D eigenvalue weighted by atomic mass is 16.5. The number of ether oxygens (including phenoxy) is 1. The summed E-state index contributed by atoms with van der Waals surface area (Å²) < 4.78 is 5.02. The van der Waals surface area contributed by atoms with Crippen LogP contribution >= 0.6 is 0 Å². The first-order valence-corrected chi connectivity index (χ1v) is 6.95. The topological polar surface area (TPSA) is 63.6 Å². The number of benzene rings is 2. The number of phenolic OH excluding ortho intramolecular Hbond substituents is 1. The van der Waals surface area contributed by atoms with Crippen molar-refractivity contribution in [3.8, 4) is 5.75 Å². The quantitative estimate of drug-likeness (QED) is 0.694. The average molecular weight is 298 g/mol. The van der Waals surface area contributed by atoms with Crippen LogP contribution in [0.25, 0.3) is 0 Å². The second-order valence-corrected chi connectivity index (χ2v) is 5.34. The third kappa shape index (κ3) is 3.52. The van der Waals surface area contributed by atoms with Gasteiger partial charge in [-0.2, -0.15) is 0 Å². The van der Waals surface area contributed by atoms with E-state index < -0.39 is 5.97 Å². The summed E-state index contributed by atoms with van der Waals surface area (Å²) in [6.07, 6.45) is 0. The van der Waals surface area contributed by atoms with Gasteiger partial charge in [-0.15, -0.1) is 0 Å². The van der Waals surface area contributed by atoms with E-state index in [1.807, 2.05) is 26.0 Å². The van der Waals surface area contributed by atoms with Gasteiger partial charge < -0.3 is 9.84 Å². The minimum absolute atomic E-state index is 0.0634. The summed E-state index contributed by atoms with van der Waals surface area (Å²) in [5.74, 6) is -1.13. The number of hydrogen-bond donors (Lipinski definition) is 1. The molecule has 0 saturated heterocycles. The molecule has 0 bridgehead atoms. The van der Waals surface area contributed by atoms with E-state index in [1.165, 1.54) is 12.1 Å². The number of esters is 1. The van der Waals surface area contributed by atoms with Crippen molar-refractivity contribution in [1.82, 2.24) is 0 Å². The number of carbonyl (C=O) groups is 2. The molecule has 0 saturated carbocycles. The summed E-state index contributed by atoms with van der Waals surface area (Å²) >= 11 is 0. The molecule has 1 N–H and O–H groups in total. The van der Waals surface area contributed by atoms with Crippen LogP contribution in [0.4, 0.5) is 0 Å². The third-order valence-electron chi connectivity index (χ3n) is 3.39. The lowest BCUT2D eigenvalue weighted by atomic mass is 10.0. The Morgan fingerprint density at radius 1 is 0.955 bits per heavy atom. The number of aryl methyl sites for hydroxylation is 3. The van der Waals surface area contributed by atoms with E-state index in [1.54, 1.807) is 19.1 Å². The molecular weight excluding hydrogens is 280 g/mol. The van der Waals surface area contributed by atoms with Crippen molar-refractivity contribution in [2.75, 3.05) is 6.61 Å². The Morgan fingerprint density at radius 3 is 2.27 bits per heavy atom. The van der Waals surface area contributed by atoms with Gasteiger partial charge in [-0.1, -0.05) is 35.4 Å². The second kappa shape index (κ2) is 6.43. The van der Waals surface area contributed by atoms with E-state index >= 15 is 0 Å². The molecule has 0 heterocycles. The highest BCUT2D eigenvalue weighted by Gasteiger charge is 2.16. The SMILES string of the molecule is Cc1ccc(C(=O)COC(=O)c2cc(C)ccc2O)c(C)c1. The monoisotopic (exact) mass is 298 g/mol. The highest BCUT2D eigenvalue weighted by molar-refractivity contribution is 6.00. The molecule has 0 spiro atoms. The number of phenols is 1. The van der Waals surface area contributed by atoms with Gasteiger partial charge in [-0.25, -0.2) is 4.79 Å². The van der Waals surface area contributed by atoms with Crippen molar-refractivity contribution in [1.29, 1.82) is 0 Å². The lowest BCUT2D eigenvalue weighted by Gasteiger charge is -2.08. The molecule has 0 aromatic heterocycles. The van der Waals surface area contributed by atoms with Gasteiger partial charge in [0.2, 0.25) is 5.78 Å². The molecule has 4 heteroatoms. The van der Waals surface area contributed by atoms with Crippen molar-refractivity contribution in [3.63, 3.8) is 0 Å². The molecule has 0 aliphatic rings. The van der Waals surface area contributed by atoms with Crippen LogP contribution in [0, 0.1) is 20.8 Å². The van der Waals surface area contributed by atoms with E-state index in [9.17, 15) is 14.7 Å². The Hall–Kier alpha value is -2.62. The fraction of sp³-hybridized carbons (Fsp3) is 0.222. The first kappa shape index (κ1) is 15.8. The number of ketones is 1. The summed E-state index contributed by atoms with van der Waals surface area (Å²) in [6, 6.07) is 10.1. The van der Waals surface area contributed by atoms with Crippen molar-refractivity contribution in [2.24, 2.45) is 0 Å². The van der Waals surface area contributed by atoms with Crippen LogP contribution in [0.15, 0.2) is 36.4 Å². The number of hydrogen-bond acceptors (Lipinski definition) is 4. The van der Waals surface area contributed by atoms with Crippen LogP contribution in [0.5, 0.6) is 5.75 Å². The maximum Gasteiger partial charge on any atom is 0.342 e. The number of Topliss-reactive ketones (excluding diaryl/α,β-unsaturated/α-hetero) is 1. The molecular formula is C18H18O4. The minimum Gasteiger partial charge on any atom is -0.507 e. The molecule has 0 fully saturated rings. The molecule has 0 unspecified atom stereocenters. The Kier molecular flexibility index (Phi) is 4.61. The van der Waals surface area contributed by atoms with Crippen LogP contribution in [-0.4, -0.2) is 23.5 Å². The molecule has 0 radical (unpaired) electrons. The Morgan fingerprint density at radius 2 is 1.59 bits per heavy atom. The molecule has 0 amide bonds. The molecule has 114 valence electrons. The van der Waals surface area contributed by atoms with Gasteiger partial charge in [-0.3, -0.25) is 4.79 Å². The van der Waals surface area contributed by atoms with Gasteiger partial charge in [0, 0.05) is 5.56 Å². The second-order valence-electron chi connectivity index (χ2n) is 5.34. The fourth-order valence-corrected chi connectivity index (χ4v) is 2.23. The fourth-order valence-electron chi connectivity index (χ4n) is 2.23. The predicted octanol–water partition coefficient (Wildman–Crippen LogP) is 3.36. The lowest BCUT2D eigenvalue weighted by molar-refractivity contribution is 0.0471. The van der Waals surface area contributed by atoms with Gasteiger partial charge in [-0.05, 0) is 38.5 Å². The first-order chi connectivity index (χ1) is 10.4. The van der Waals surface area contributed by atoms with E-state index in [0.29, 0.717) is 5.56 Å². The van der Waals surface area contributed by atoms with Crippen LogP contribution in [-0.2, 0) is 4.74 Å². The smallest absolute Gasteiger partial charge is 0.342 e. The molecule has 4 nitrogen and oxygen atoms in total. The molecule has 2 aromatic carbocycles. The van der Waals surface area contributed by atoms with Gasteiger partial charge in [0.15, 0.2) is 6.61 Å². The van der Waals surface area contributed by atoms with E-state index in [2.05, 4.69) is 0 Å². The molecule has 0 aliphatic carbocycles. The maximum absolute atomic E-state index is 12.1. The Labute approximate surface area is 129 Å². The van der Waals surface area contributed by atoms with Crippen LogP contribution in [0.3, 0.4) is 0 Å². The summed E-state index contributed by atoms with van der Waals surface area (Å²) in [5.41, 5.74) is 3.33. The van der Waals surface area contributed by atoms with Crippen molar-refractivity contribution in [2.45, 2.75) is 20.8 Å². The first-order valence-electron chi connectivity index (χ1n) is 6.95. The Bertz CT molecular complexity index is 732. The number of carbonyl (C=O) groups excluding carboxylic acids is 2. The van der Waals surface area contributed by atoms with E-state index in [4.69, 9.17) is 4.74 Å². The standard InChI is InChI=1S/C18H18O4/c1-11-4-6-14(13(3)8-11)17(20)10-22-18(21)15-9-12(2)5-7-16(15)19/h4-9,19H,10H2,1-3H3. The maximum atomic E-state index is 12.1. The normalized spacial score (nSPS) is 10.3. The number of rotatable bonds is 4. The Balaban J connectivity index is 2.07. The van der Waals surface area contributed by atoms with Crippen LogP contribution < -0.4 is 0 Å². The van der Waals surface area contributed by atoms with E-state index in [-0.39, 0.29) is 23.7 Å². The van der Waals surface area contributed by atoms with Crippen molar-refractivity contribution >= 4 is 11.8 Å². The molecule has 0 atom stereocenters. The van der Waals surface area contributed by atoms with Crippen LogP contribution in [0.1, 0.15) is 37.4 Å². The zero-order chi connectivity index (χ0) is 16.3. The summed E-state index contributed by atoms with van der Waals surface area (Å²) in [7, 11) is 0. The van der Waals surface area contributed by atoms with E-state index in [0.717, 1.165) is 16.7 Å². The lowest BCUT2D eigenvalue weighted by Crippen LogP contribution is -2.15. The van der Waals surface area contributed by atoms with Crippen molar-refractivity contribution < 1.29 is 19.4 Å². The molecule has 22 heavy (non-hydrogen) atoms. The van der Waals surface area contributed by atoms with Gasteiger partial charge in [0.1, 0.15) is 11.3 Å². The average Bonchev–Trinajstić information content (AvgIpc) is 2.47.